The lowest BCUT2D eigenvalue weighted by atomic mass is 10.8. The average molecular weight is 98.1 g/mol. The third-order valence-corrected chi connectivity index (χ3v) is 1.02. The lowest BCUT2D eigenvalue weighted by molar-refractivity contribution is -0.686. The van der Waals surface area contributed by atoms with Crippen LogP contribution in [0.1, 0.15) is 0 Å². The summed E-state index contributed by atoms with van der Waals surface area (Å²) in [5.41, 5.74) is 0. The van der Waals surface area contributed by atoms with Crippen molar-refractivity contribution in [1.82, 2.24) is 0 Å². The molecular weight excluding hydrogens is 88.1 g/mol. The van der Waals surface area contributed by atoms with Gasteiger partial charge in [-0.05, 0) is 0 Å². The second-order valence-corrected chi connectivity index (χ2v) is 1.95. The van der Waals surface area contributed by atoms with Gasteiger partial charge in [0.15, 0.2) is 0 Å². The van der Waals surface area contributed by atoms with E-state index in [9.17, 15) is 0 Å². The van der Waals surface area contributed by atoms with Crippen LogP contribution in [0.2, 0.25) is 0 Å². The van der Waals surface area contributed by atoms with Crippen LogP contribution in [0.25, 0.3) is 0 Å². The summed E-state index contributed by atoms with van der Waals surface area (Å²) in [5.74, 6) is 0. The summed E-state index contributed by atoms with van der Waals surface area (Å²) in [4.78, 5) is 0. The molecule has 38 valence electrons. The number of hydrogen-bond donors (Lipinski definition) is 0. The quantitative estimate of drug-likeness (QED) is 0.356. The Morgan fingerprint density at radius 1 is 1.14 bits per heavy atom. The Labute approximate surface area is 43.4 Å². The monoisotopic (exact) mass is 98.1 g/mol. The van der Waals surface area contributed by atoms with Crippen LogP contribution in [-0.4, -0.2) is 42.3 Å². The van der Waals surface area contributed by atoms with Gasteiger partial charge < -0.3 is 0 Å². The van der Waals surface area contributed by atoms with Crippen molar-refractivity contribution in [3.05, 3.63) is 0 Å². The molecule has 0 amide bonds. The third-order valence-electron chi connectivity index (χ3n) is 1.02. The highest BCUT2D eigenvalue weighted by Crippen LogP contribution is 1.72. The van der Waals surface area contributed by atoms with Gasteiger partial charge in [-0.1, -0.05) is 0 Å². The Kier molecular flexibility index (Phi) is 0.929. The van der Waals surface area contributed by atoms with Crippen LogP contribution >= 0.6 is 0 Å². The van der Waals surface area contributed by atoms with Crippen LogP contribution < -0.4 is 0 Å². The van der Waals surface area contributed by atoms with Gasteiger partial charge in [-0.15, -0.1) is 0 Å². The van der Waals surface area contributed by atoms with E-state index in [1.54, 1.807) is 0 Å². The van der Waals surface area contributed by atoms with Crippen molar-refractivity contribution < 1.29 is 9.15 Å². The predicted octanol–water partition coefficient (Wildman–Crippen LogP) is -0.616. The standard InChI is InChI=1S/C5H10N2/c1-6-3-4-7(2)5-6/h3-4H,5H2,1-2H3/q+2. The molecule has 0 saturated heterocycles. The fraction of sp³-hybridized carbons (Fsp3) is 0.600. The summed E-state index contributed by atoms with van der Waals surface area (Å²) in [6.45, 7) is 1.03. The molecule has 0 fully saturated rings. The molecule has 0 atom stereocenters. The maximum absolute atomic E-state index is 2.12. The van der Waals surface area contributed by atoms with Crippen LogP contribution in [0.15, 0.2) is 0 Å². The normalized spacial score (nSPS) is 19.1. The zero-order valence-electron chi connectivity index (χ0n) is 4.76. The fourth-order valence-corrected chi connectivity index (χ4v) is 0.674. The van der Waals surface area contributed by atoms with Gasteiger partial charge in [-0.3, -0.25) is 0 Å². The first-order valence-electron chi connectivity index (χ1n) is 2.38. The smallest absolute Gasteiger partial charge is 0.176 e. The minimum absolute atomic E-state index is 1.03. The van der Waals surface area contributed by atoms with Crippen molar-refractivity contribution in [3.8, 4) is 0 Å². The van der Waals surface area contributed by atoms with Crippen LogP contribution in [0.4, 0.5) is 0 Å². The Hall–Kier alpha value is -0.660. The highest BCUT2D eigenvalue weighted by molar-refractivity contribution is 6.11. The van der Waals surface area contributed by atoms with E-state index < -0.39 is 0 Å². The minimum atomic E-state index is 1.03. The minimum Gasteiger partial charge on any atom is -0.176 e. The third kappa shape index (κ3) is 0.856. The fourth-order valence-electron chi connectivity index (χ4n) is 0.674. The largest absolute Gasteiger partial charge is 0.333 e. The predicted molar refractivity (Wildman–Crippen MR) is 29.4 cm³/mol. The van der Waals surface area contributed by atoms with Crippen molar-refractivity contribution in [2.24, 2.45) is 0 Å². The van der Waals surface area contributed by atoms with E-state index in [2.05, 4.69) is 35.7 Å². The van der Waals surface area contributed by atoms with Gasteiger partial charge in [-0.2, -0.15) is 9.15 Å². The van der Waals surface area contributed by atoms with Crippen molar-refractivity contribution in [2.45, 2.75) is 0 Å². The van der Waals surface area contributed by atoms with E-state index in [1.165, 1.54) is 0 Å². The Bertz CT molecular complexity index is 117. The molecule has 0 spiro atoms. The maximum atomic E-state index is 2.12. The molecular formula is C5H10N2+2. The zero-order chi connectivity index (χ0) is 5.28. The number of nitrogens with zero attached hydrogens (tertiary/aromatic N) is 2. The van der Waals surface area contributed by atoms with E-state index in [0.29, 0.717) is 0 Å². The van der Waals surface area contributed by atoms with Gasteiger partial charge in [0, 0.05) is 0 Å². The maximum Gasteiger partial charge on any atom is 0.333 e. The second kappa shape index (κ2) is 1.45. The van der Waals surface area contributed by atoms with Gasteiger partial charge in [0.1, 0.15) is 14.1 Å². The molecule has 1 heterocycles. The molecule has 0 unspecified atom stereocenters. The zero-order valence-corrected chi connectivity index (χ0v) is 4.76. The van der Waals surface area contributed by atoms with E-state index in [1.807, 2.05) is 0 Å². The van der Waals surface area contributed by atoms with Gasteiger partial charge in [0.2, 0.25) is 12.4 Å². The lowest BCUT2D eigenvalue weighted by Gasteiger charge is -1.80. The SMILES string of the molecule is C[N+]1=CC=[N+](C)C1. The first kappa shape index (κ1) is 4.50. The molecule has 7 heavy (non-hydrogen) atoms. The molecule has 0 aromatic carbocycles. The summed E-state index contributed by atoms with van der Waals surface area (Å²) in [6.07, 6.45) is 4.11. The molecule has 2 nitrogen and oxygen atoms in total. The van der Waals surface area contributed by atoms with Gasteiger partial charge >= 0.3 is 6.67 Å². The highest BCUT2D eigenvalue weighted by Gasteiger charge is 2.08. The molecule has 0 N–H and O–H groups in total. The Morgan fingerprint density at radius 2 is 1.57 bits per heavy atom. The summed E-state index contributed by atoms with van der Waals surface area (Å²) < 4.78 is 4.25. The Balaban J connectivity index is 2.61. The molecule has 2 heteroatoms. The van der Waals surface area contributed by atoms with E-state index in [-0.39, 0.29) is 0 Å². The Morgan fingerprint density at radius 3 is 1.71 bits per heavy atom. The van der Waals surface area contributed by atoms with Crippen LogP contribution in [0.3, 0.4) is 0 Å². The average Bonchev–Trinajstić information content (AvgIpc) is 1.87. The number of hydrogen-bond acceptors (Lipinski definition) is 0. The van der Waals surface area contributed by atoms with E-state index in [4.69, 9.17) is 0 Å². The molecule has 0 aromatic heterocycles. The molecule has 0 bridgehead atoms. The van der Waals surface area contributed by atoms with Gasteiger partial charge in [0.25, 0.3) is 0 Å². The first-order valence-corrected chi connectivity index (χ1v) is 2.38. The molecule has 1 rings (SSSR count). The van der Waals surface area contributed by atoms with Crippen molar-refractivity contribution in [1.29, 1.82) is 0 Å². The van der Waals surface area contributed by atoms with Gasteiger partial charge in [-0.25, -0.2) is 0 Å². The molecule has 0 saturated carbocycles. The van der Waals surface area contributed by atoms with Crippen molar-refractivity contribution in [2.75, 3.05) is 20.8 Å². The summed E-state index contributed by atoms with van der Waals surface area (Å²) in [7, 11) is 4.11. The van der Waals surface area contributed by atoms with Gasteiger partial charge in [0.05, 0.1) is 0 Å². The van der Waals surface area contributed by atoms with Crippen LogP contribution in [0, 0.1) is 0 Å². The summed E-state index contributed by atoms with van der Waals surface area (Å²) in [5, 5.41) is 0. The van der Waals surface area contributed by atoms with Crippen LogP contribution in [0.5, 0.6) is 0 Å². The molecule has 0 aliphatic carbocycles. The van der Waals surface area contributed by atoms with Crippen molar-refractivity contribution in [3.63, 3.8) is 0 Å². The first-order chi connectivity index (χ1) is 3.29. The lowest BCUT2D eigenvalue weighted by Crippen LogP contribution is -2.10. The van der Waals surface area contributed by atoms with E-state index in [0.717, 1.165) is 6.67 Å². The molecule has 1 aliphatic rings. The van der Waals surface area contributed by atoms with E-state index >= 15 is 0 Å². The molecule has 0 radical (unpaired) electrons. The molecule has 0 aromatic rings. The van der Waals surface area contributed by atoms with Crippen molar-refractivity contribution >= 4 is 12.4 Å². The molecule has 1 aliphatic heterocycles. The summed E-state index contributed by atoms with van der Waals surface area (Å²) >= 11 is 0. The van der Waals surface area contributed by atoms with Crippen LogP contribution in [-0.2, 0) is 0 Å². The second-order valence-electron chi connectivity index (χ2n) is 1.95. The highest BCUT2D eigenvalue weighted by atomic mass is 15.2. The topological polar surface area (TPSA) is 6.02 Å². The number of rotatable bonds is 0. The summed E-state index contributed by atoms with van der Waals surface area (Å²) in [6, 6.07) is 0.